The molecule has 1 heterocycles. The lowest BCUT2D eigenvalue weighted by molar-refractivity contribution is 0.160. The van der Waals surface area contributed by atoms with Gasteiger partial charge >= 0.3 is 0 Å². The highest BCUT2D eigenvalue weighted by Gasteiger charge is 2.04. The molecule has 15 heavy (non-hydrogen) atoms. The van der Waals surface area contributed by atoms with E-state index in [9.17, 15) is 0 Å². The van der Waals surface area contributed by atoms with Crippen molar-refractivity contribution in [3.8, 4) is 0 Å². The van der Waals surface area contributed by atoms with Crippen LogP contribution in [-0.4, -0.2) is 17.8 Å². The van der Waals surface area contributed by atoms with Crippen LogP contribution in [0.4, 0.5) is 5.69 Å². The summed E-state index contributed by atoms with van der Waals surface area (Å²) in [7, 11) is 0. The summed E-state index contributed by atoms with van der Waals surface area (Å²) in [5, 5.41) is 7.30. The molecule has 0 aliphatic rings. The third-order valence-electron chi connectivity index (χ3n) is 1.46. The predicted molar refractivity (Wildman–Crippen MR) is 57.3 cm³/mol. The maximum absolute atomic E-state index is 8.33. The minimum Gasteiger partial charge on any atom is -0.396 e. The molecular weight excluding hydrogens is 218 g/mol. The molecule has 0 aliphatic heterocycles. The van der Waals surface area contributed by atoms with Crippen molar-refractivity contribution in [2.24, 2.45) is 10.3 Å². The molecule has 1 rings (SSSR count). The van der Waals surface area contributed by atoms with Crippen molar-refractivity contribution < 1.29 is 4.84 Å². The molecule has 0 unspecified atom stereocenters. The van der Waals surface area contributed by atoms with Crippen molar-refractivity contribution in [1.29, 1.82) is 0 Å². The van der Waals surface area contributed by atoms with Gasteiger partial charge in [-0.3, -0.25) is 0 Å². The van der Waals surface area contributed by atoms with Crippen LogP contribution < -0.4 is 0 Å². The van der Waals surface area contributed by atoms with Crippen LogP contribution in [0.5, 0.6) is 0 Å². The third-order valence-corrected chi connectivity index (χ3v) is 1.76. The van der Waals surface area contributed by atoms with Crippen molar-refractivity contribution in [2.45, 2.75) is 6.92 Å². The van der Waals surface area contributed by atoms with Gasteiger partial charge in [0.15, 0.2) is 0 Å². The smallest absolute Gasteiger partial charge is 0.138 e. The van der Waals surface area contributed by atoms with Gasteiger partial charge in [0.05, 0.1) is 11.9 Å². The molecule has 1 aromatic heterocycles. The Morgan fingerprint density at radius 1 is 1.73 bits per heavy atom. The maximum atomic E-state index is 8.33. The topological polar surface area (TPSA) is 83.2 Å². The van der Waals surface area contributed by atoms with Crippen molar-refractivity contribution in [2.75, 3.05) is 6.61 Å². The van der Waals surface area contributed by atoms with Crippen LogP contribution in [0.3, 0.4) is 0 Å². The van der Waals surface area contributed by atoms with Gasteiger partial charge in [-0.05, 0) is 18.5 Å². The first kappa shape index (κ1) is 11.3. The van der Waals surface area contributed by atoms with Crippen LogP contribution in [-0.2, 0) is 4.84 Å². The molecule has 0 spiro atoms. The summed E-state index contributed by atoms with van der Waals surface area (Å²) in [5.41, 5.74) is 9.12. The highest BCUT2D eigenvalue weighted by molar-refractivity contribution is 6.32. The number of pyridine rings is 1. The Morgan fingerprint density at radius 2 is 2.53 bits per heavy atom. The molecule has 0 fully saturated rings. The summed E-state index contributed by atoms with van der Waals surface area (Å²) < 4.78 is 0. The van der Waals surface area contributed by atoms with Gasteiger partial charge in [-0.15, -0.1) is 0 Å². The summed E-state index contributed by atoms with van der Waals surface area (Å²) >= 11 is 5.80. The van der Waals surface area contributed by atoms with E-state index in [1.807, 2.05) is 0 Å². The van der Waals surface area contributed by atoms with Gasteiger partial charge in [-0.1, -0.05) is 21.9 Å². The molecule has 0 saturated heterocycles. The molecule has 0 atom stereocenters. The summed E-state index contributed by atoms with van der Waals surface area (Å²) in [5.74, 6) is 0. The first-order chi connectivity index (χ1) is 7.29. The lowest BCUT2D eigenvalue weighted by Gasteiger charge is -2.00. The molecule has 0 bridgehead atoms. The molecular formula is C8H8ClN5O. The molecule has 0 saturated carbocycles. The van der Waals surface area contributed by atoms with Crippen molar-refractivity contribution in [1.82, 2.24) is 4.98 Å². The quantitative estimate of drug-likeness (QED) is 0.197. The van der Waals surface area contributed by atoms with Gasteiger partial charge < -0.3 is 4.84 Å². The number of nitrogens with zero attached hydrogens (tertiary/aromatic N) is 5. The number of azide groups is 1. The lowest BCUT2D eigenvalue weighted by Crippen LogP contribution is -1.89. The minimum absolute atomic E-state index is 0.211. The fourth-order valence-electron chi connectivity index (χ4n) is 0.858. The Labute approximate surface area is 91.1 Å². The van der Waals surface area contributed by atoms with Crippen LogP contribution in [0, 0.1) is 0 Å². The molecule has 0 N–H and O–H groups in total. The van der Waals surface area contributed by atoms with Crippen LogP contribution in [0.25, 0.3) is 10.4 Å². The summed E-state index contributed by atoms with van der Waals surface area (Å²) in [6.45, 7) is 2.25. The molecule has 7 heteroatoms. The fourth-order valence-corrected chi connectivity index (χ4v) is 1.06. The van der Waals surface area contributed by atoms with Crippen molar-refractivity contribution in [3.63, 3.8) is 0 Å². The number of hydrogen-bond acceptors (Lipinski definition) is 4. The van der Waals surface area contributed by atoms with Gasteiger partial charge in [0.2, 0.25) is 0 Å². The second-order valence-corrected chi connectivity index (χ2v) is 2.73. The Kier molecular flexibility index (Phi) is 4.40. The SMILES string of the molecule is CCO/N=C/c1c(N=[N+]=[N-])ccnc1Cl. The summed E-state index contributed by atoms with van der Waals surface area (Å²) in [6.07, 6.45) is 2.81. The van der Waals surface area contributed by atoms with Crippen LogP contribution in [0.1, 0.15) is 12.5 Å². The monoisotopic (exact) mass is 225 g/mol. The van der Waals surface area contributed by atoms with Gasteiger partial charge in [0.25, 0.3) is 0 Å². The standard InChI is InChI=1S/C8H8ClN5O/c1-2-15-12-5-6-7(13-14-10)3-4-11-8(6)9/h3-5H,2H2,1H3/b12-5+. The zero-order valence-corrected chi connectivity index (χ0v) is 8.72. The summed E-state index contributed by atoms with van der Waals surface area (Å²) in [4.78, 5) is 11.3. The molecule has 0 aliphatic carbocycles. The highest BCUT2D eigenvalue weighted by atomic mass is 35.5. The van der Waals surface area contributed by atoms with E-state index in [1.54, 1.807) is 13.0 Å². The molecule has 0 aromatic carbocycles. The highest BCUT2D eigenvalue weighted by Crippen LogP contribution is 2.22. The second-order valence-electron chi connectivity index (χ2n) is 2.38. The molecule has 0 amide bonds. The Morgan fingerprint density at radius 3 is 3.20 bits per heavy atom. The first-order valence-electron chi connectivity index (χ1n) is 4.14. The molecule has 0 radical (unpaired) electrons. The van der Waals surface area contributed by atoms with Crippen molar-refractivity contribution >= 4 is 23.5 Å². The average Bonchev–Trinajstić information content (AvgIpc) is 2.23. The molecule has 78 valence electrons. The third kappa shape index (κ3) is 3.12. The van der Waals surface area contributed by atoms with Crippen LogP contribution >= 0.6 is 11.6 Å². The Balaban J connectivity index is 3.07. The zero-order chi connectivity index (χ0) is 11.1. The lowest BCUT2D eigenvalue weighted by atomic mass is 10.2. The first-order valence-corrected chi connectivity index (χ1v) is 4.52. The zero-order valence-electron chi connectivity index (χ0n) is 7.96. The normalized spacial score (nSPS) is 10.0. The number of oxime groups is 1. The largest absolute Gasteiger partial charge is 0.396 e. The molecule has 6 nitrogen and oxygen atoms in total. The second kappa shape index (κ2) is 5.85. The number of rotatable bonds is 4. The van der Waals surface area contributed by atoms with E-state index in [2.05, 4.69) is 20.2 Å². The number of halogens is 1. The van der Waals surface area contributed by atoms with Crippen molar-refractivity contribution in [3.05, 3.63) is 33.4 Å². The van der Waals surface area contributed by atoms with Crippen LogP contribution in [0.15, 0.2) is 22.5 Å². The maximum Gasteiger partial charge on any atom is 0.138 e. The van der Waals surface area contributed by atoms with Gasteiger partial charge in [0.1, 0.15) is 11.8 Å². The van der Waals surface area contributed by atoms with E-state index in [1.165, 1.54) is 12.4 Å². The van der Waals surface area contributed by atoms with Gasteiger partial charge in [-0.25, -0.2) is 4.98 Å². The minimum atomic E-state index is 0.211. The number of aromatic nitrogens is 1. The van der Waals surface area contributed by atoms with Gasteiger partial charge in [0, 0.05) is 16.7 Å². The summed E-state index contributed by atoms with van der Waals surface area (Å²) in [6, 6.07) is 1.54. The van der Waals surface area contributed by atoms with E-state index < -0.39 is 0 Å². The average molecular weight is 226 g/mol. The Hall–Kier alpha value is -1.78. The van der Waals surface area contributed by atoms with Gasteiger partial charge in [-0.2, -0.15) is 0 Å². The predicted octanol–water partition coefficient (Wildman–Crippen LogP) is 3.05. The van der Waals surface area contributed by atoms with E-state index in [4.69, 9.17) is 22.0 Å². The van der Waals surface area contributed by atoms with E-state index >= 15 is 0 Å². The van der Waals surface area contributed by atoms with E-state index in [-0.39, 0.29) is 5.15 Å². The number of hydrogen-bond donors (Lipinski definition) is 0. The van der Waals surface area contributed by atoms with E-state index in [0.717, 1.165) is 0 Å². The van der Waals surface area contributed by atoms with Crippen LogP contribution in [0.2, 0.25) is 5.15 Å². The fraction of sp³-hybridized carbons (Fsp3) is 0.250. The Bertz CT molecular complexity index is 413. The van der Waals surface area contributed by atoms with E-state index in [0.29, 0.717) is 17.9 Å². The molecule has 1 aromatic rings.